The number of hydrogen-bond donors (Lipinski definition) is 0. The van der Waals surface area contributed by atoms with E-state index in [1.165, 1.54) is 31.9 Å². The average molecular weight is 408 g/mol. The van der Waals surface area contributed by atoms with Crippen molar-refractivity contribution in [2.45, 2.75) is 38.8 Å². The number of benzene rings is 2. The maximum atomic E-state index is 13.0. The van der Waals surface area contributed by atoms with Gasteiger partial charge in [0.25, 0.3) is 5.91 Å². The van der Waals surface area contributed by atoms with Crippen LogP contribution < -0.4 is 14.5 Å². The van der Waals surface area contributed by atoms with Crippen LogP contribution in [0.2, 0.25) is 0 Å². The summed E-state index contributed by atoms with van der Waals surface area (Å²) in [7, 11) is 1.78. The number of para-hydroxylation sites is 2. The summed E-state index contributed by atoms with van der Waals surface area (Å²) in [6.07, 6.45) is 3.11. The lowest BCUT2D eigenvalue weighted by Gasteiger charge is -2.35. The minimum atomic E-state index is -0.707. The van der Waals surface area contributed by atoms with Gasteiger partial charge in [0.1, 0.15) is 5.75 Å². The molecule has 0 spiro atoms. The molecule has 2 aliphatic rings. The molecular formula is C24H29N3O3. The monoisotopic (exact) mass is 407 g/mol. The van der Waals surface area contributed by atoms with Crippen LogP contribution in [0.5, 0.6) is 5.75 Å². The molecule has 4 rings (SSSR count). The minimum Gasteiger partial charge on any atom is -0.476 e. The van der Waals surface area contributed by atoms with Crippen LogP contribution >= 0.6 is 0 Å². The Bertz CT molecular complexity index is 906. The normalized spacial score (nSPS) is 18.4. The summed E-state index contributed by atoms with van der Waals surface area (Å²) < 4.78 is 5.94. The van der Waals surface area contributed by atoms with Gasteiger partial charge in [-0.1, -0.05) is 24.3 Å². The van der Waals surface area contributed by atoms with Gasteiger partial charge in [-0.2, -0.15) is 0 Å². The van der Waals surface area contributed by atoms with Gasteiger partial charge in [-0.3, -0.25) is 9.59 Å². The Labute approximate surface area is 178 Å². The molecule has 2 aromatic carbocycles. The molecule has 1 atom stereocenters. The molecule has 0 unspecified atom stereocenters. The second-order valence-corrected chi connectivity index (χ2v) is 8.11. The van der Waals surface area contributed by atoms with Crippen LogP contribution in [0.3, 0.4) is 0 Å². The SMILES string of the molecule is CC(=O)N1C[C@@H](C(=O)N(C)Cc2ccc(N3CCCCC3)cc2)Oc2ccccc21. The van der Waals surface area contributed by atoms with E-state index in [4.69, 9.17) is 4.74 Å². The van der Waals surface area contributed by atoms with Gasteiger partial charge in [-0.15, -0.1) is 0 Å². The van der Waals surface area contributed by atoms with Crippen LogP contribution in [0, 0.1) is 0 Å². The first-order valence-corrected chi connectivity index (χ1v) is 10.7. The van der Waals surface area contributed by atoms with E-state index in [0.717, 1.165) is 18.7 Å². The molecule has 0 radical (unpaired) electrons. The summed E-state index contributed by atoms with van der Waals surface area (Å²) in [5, 5.41) is 0. The molecule has 0 saturated carbocycles. The summed E-state index contributed by atoms with van der Waals surface area (Å²) in [6, 6.07) is 15.8. The van der Waals surface area contributed by atoms with Gasteiger partial charge >= 0.3 is 0 Å². The van der Waals surface area contributed by atoms with Gasteiger partial charge in [0, 0.05) is 39.3 Å². The Hall–Kier alpha value is -3.02. The summed E-state index contributed by atoms with van der Waals surface area (Å²) in [5.74, 6) is 0.340. The third-order valence-corrected chi connectivity index (χ3v) is 5.88. The van der Waals surface area contributed by atoms with E-state index in [9.17, 15) is 9.59 Å². The third-order valence-electron chi connectivity index (χ3n) is 5.88. The standard InChI is InChI=1S/C24H29N3O3/c1-18(28)27-17-23(30-22-9-5-4-8-21(22)27)24(29)25(2)16-19-10-12-20(13-11-19)26-14-6-3-7-15-26/h4-5,8-13,23H,3,6-7,14-17H2,1-2H3/t23-/m0/s1. The maximum Gasteiger partial charge on any atom is 0.265 e. The van der Waals surface area contributed by atoms with Crippen molar-refractivity contribution in [2.75, 3.05) is 36.5 Å². The lowest BCUT2D eigenvalue weighted by atomic mass is 10.1. The fourth-order valence-corrected chi connectivity index (χ4v) is 4.22. The number of rotatable bonds is 4. The Morgan fingerprint density at radius 2 is 1.73 bits per heavy atom. The maximum absolute atomic E-state index is 13.0. The second kappa shape index (κ2) is 8.78. The Kier molecular flexibility index (Phi) is 5.93. The summed E-state index contributed by atoms with van der Waals surface area (Å²) in [6.45, 7) is 4.47. The van der Waals surface area contributed by atoms with Crippen molar-refractivity contribution in [1.82, 2.24) is 4.90 Å². The van der Waals surface area contributed by atoms with Crippen LogP contribution in [0.25, 0.3) is 0 Å². The fourth-order valence-electron chi connectivity index (χ4n) is 4.22. The lowest BCUT2D eigenvalue weighted by Crippen LogP contribution is -2.50. The van der Waals surface area contributed by atoms with Gasteiger partial charge in [-0.25, -0.2) is 0 Å². The van der Waals surface area contributed by atoms with E-state index in [1.807, 2.05) is 18.2 Å². The summed E-state index contributed by atoms with van der Waals surface area (Å²) in [5.41, 5.74) is 3.04. The van der Waals surface area contributed by atoms with Crippen molar-refractivity contribution >= 4 is 23.2 Å². The van der Waals surface area contributed by atoms with Gasteiger partial charge in [0.15, 0.2) is 6.10 Å². The highest BCUT2D eigenvalue weighted by atomic mass is 16.5. The van der Waals surface area contributed by atoms with E-state index < -0.39 is 6.10 Å². The largest absolute Gasteiger partial charge is 0.476 e. The highest BCUT2D eigenvalue weighted by molar-refractivity contribution is 5.95. The molecule has 1 fully saturated rings. The topological polar surface area (TPSA) is 53.1 Å². The smallest absolute Gasteiger partial charge is 0.265 e. The number of amides is 2. The fraction of sp³-hybridized carbons (Fsp3) is 0.417. The predicted molar refractivity (Wildman–Crippen MR) is 118 cm³/mol. The summed E-state index contributed by atoms with van der Waals surface area (Å²) >= 11 is 0. The number of piperidine rings is 1. The molecule has 30 heavy (non-hydrogen) atoms. The van der Waals surface area contributed by atoms with Gasteiger partial charge < -0.3 is 19.4 Å². The van der Waals surface area contributed by atoms with E-state index in [1.54, 1.807) is 22.9 Å². The van der Waals surface area contributed by atoms with Crippen molar-refractivity contribution in [2.24, 2.45) is 0 Å². The molecular weight excluding hydrogens is 378 g/mol. The second-order valence-electron chi connectivity index (χ2n) is 8.11. The number of carbonyl (C=O) groups is 2. The molecule has 6 nitrogen and oxygen atoms in total. The van der Waals surface area contributed by atoms with Crippen molar-refractivity contribution in [3.05, 3.63) is 54.1 Å². The highest BCUT2D eigenvalue weighted by Gasteiger charge is 2.34. The number of fused-ring (bicyclic) bond motifs is 1. The molecule has 0 bridgehead atoms. The molecule has 0 aliphatic carbocycles. The molecule has 2 aromatic rings. The van der Waals surface area contributed by atoms with E-state index in [2.05, 4.69) is 29.2 Å². The van der Waals surface area contributed by atoms with Crippen molar-refractivity contribution in [3.63, 3.8) is 0 Å². The quantitative estimate of drug-likeness (QED) is 0.779. The predicted octanol–water partition coefficient (Wildman–Crippen LogP) is 3.45. The summed E-state index contributed by atoms with van der Waals surface area (Å²) in [4.78, 5) is 30.9. The van der Waals surface area contributed by atoms with Crippen molar-refractivity contribution in [1.29, 1.82) is 0 Å². The number of hydrogen-bond acceptors (Lipinski definition) is 4. The zero-order valence-corrected chi connectivity index (χ0v) is 17.7. The Balaban J connectivity index is 1.42. The lowest BCUT2D eigenvalue weighted by molar-refractivity contribution is -0.138. The van der Waals surface area contributed by atoms with Crippen LogP contribution in [-0.2, 0) is 16.1 Å². The number of nitrogens with zero attached hydrogens (tertiary/aromatic N) is 3. The minimum absolute atomic E-state index is 0.0977. The molecule has 1 saturated heterocycles. The number of likely N-dealkylation sites (N-methyl/N-ethyl adjacent to an activating group) is 1. The van der Waals surface area contributed by atoms with Crippen molar-refractivity contribution in [3.8, 4) is 5.75 Å². The first-order valence-electron chi connectivity index (χ1n) is 10.7. The molecule has 2 aliphatic heterocycles. The Morgan fingerprint density at radius 1 is 1.03 bits per heavy atom. The van der Waals surface area contributed by atoms with Crippen LogP contribution in [0.15, 0.2) is 48.5 Å². The molecule has 158 valence electrons. The number of anilines is 2. The van der Waals surface area contributed by atoms with E-state index in [-0.39, 0.29) is 18.4 Å². The number of ether oxygens (including phenoxy) is 1. The van der Waals surface area contributed by atoms with Gasteiger partial charge in [0.05, 0.1) is 12.2 Å². The zero-order valence-electron chi connectivity index (χ0n) is 17.7. The van der Waals surface area contributed by atoms with Crippen LogP contribution in [0.1, 0.15) is 31.7 Å². The van der Waals surface area contributed by atoms with Gasteiger partial charge in [0.2, 0.25) is 5.91 Å². The molecule has 0 aromatic heterocycles. The average Bonchev–Trinajstić information content (AvgIpc) is 2.78. The first-order chi connectivity index (χ1) is 14.5. The van der Waals surface area contributed by atoms with E-state index >= 15 is 0 Å². The molecule has 0 N–H and O–H groups in total. The zero-order chi connectivity index (χ0) is 21.1. The number of carbonyl (C=O) groups excluding carboxylic acids is 2. The van der Waals surface area contributed by atoms with Crippen LogP contribution in [-0.4, -0.2) is 49.5 Å². The van der Waals surface area contributed by atoms with Crippen LogP contribution in [0.4, 0.5) is 11.4 Å². The Morgan fingerprint density at radius 3 is 2.43 bits per heavy atom. The molecule has 6 heteroatoms. The third kappa shape index (κ3) is 4.27. The van der Waals surface area contributed by atoms with Crippen molar-refractivity contribution < 1.29 is 14.3 Å². The van der Waals surface area contributed by atoms with Gasteiger partial charge in [-0.05, 0) is 49.1 Å². The van der Waals surface area contributed by atoms with E-state index in [0.29, 0.717) is 18.0 Å². The molecule has 2 heterocycles. The highest BCUT2D eigenvalue weighted by Crippen LogP contribution is 2.33. The molecule has 2 amide bonds. The first kappa shape index (κ1) is 20.3.